The van der Waals surface area contributed by atoms with E-state index in [0.717, 1.165) is 6.42 Å². The Bertz CT molecular complexity index is 236. The van der Waals surface area contributed by atoms with Gasteiger partial charge in [-0.2, -0.15) is 0 Å². The molecule has 0 fully saturated rings. The lowest BCUT2D eigenvalue weighted by atomic mass is 9.72. The fourth-order valence-electron chi connectivity index (χ4n) is 2.06. The molecule has 0 amide bonds. The standard InChI is InChI=1S/C12H18.3C2H6/c1-4-9-12(5-2)10-7-6-8-11(12)3;3*1-2/h8H,5-7,10H2,1-3H3;3*1-2H3. The summed E-state index contributed by atoms with van der Waals surface area (Å²) in [5.74, 6) is 6.45. The van der Waals surface area contributed by atoms with Gasteiger partial charge in [0, 0.05) is 0 Å². The van der Waals surface area contributed by atoms with Crippen LogP contribution in [-0.2, 0) is 0 Å². The summed E-state index contributed by atoms with van der Waals surface area (Å²) in [6.45, 7) is 18.4. The number of hydrogen-bond donors (Lipinski definition) is 0. The van der Waals surface area contributed by atoms with Crippen molar-refractivity contribution in [2.75, 3.05) is 0 Å². The molecule has 0 saturated carbocycles. The van der Waals surface area contributed by atoms with Crippen molar-refractivity contribution in [3.63, 3.8) is 0 Å². The molecular weight excluding hydrogens is 216 g/mol. The smallest absolute Gasteiger partial charge is 0.0517 e. The second kappa shape index (κ2) is 16.3. The molecule has 0 nitrogen and oxygen atoms in total. The Kier molecular flexibility index (Phi) is 20.4. The summed E-state index contributed by atoms with van der Waals surface area (Å²) >= 11 is 0. The zero-order chi connectivity index (χ0) is 15.0. The van der Waals surface area contributed by atoms with Crippen LogP contribution in [-0.4, -0.2) is 0 Å². The van der Waals surface area contributed by atoms with Crippen molar-refractivity contribution >= 4 is 0 Å². The van der Waals surface area contributed by atoms with Crippen molar-refractivity contribution < 1.29 is 0 Å². The van der Waals surface area contributed by atoms with Crippen molar-refractivity contribution in [1.82, 2.24) is 0 Å². The molecule has 1 aliphatic carbocycles. The summed E-state index contributed by atoms with van der Waals surface area (Å²) in [6.07, 6.45) is 7.33. The fourth-order valence-corrected chi connectivity index (χ4v) is 2.06. The van der Waals surface area contributed by atoms with Gasteiger partial charge >= 0.3 is 0 Å². The Morgan fingerprint density at radius 2 is 1.61 bits per heavy atom. The summed E-state index contributed by atoms with van der Waals surface area (Å²) < 4.78 is 0. The Hall–Kier alpha value is -0.700. The van der Waals surface area contributed by atoms with Crippen LogP contribution in [0, 0.1) is 17.3 Å². The normalized spacial score (nSPS) is 20.2. The van der Waals surface area contributed by atoms with Gasteiger partial charge in [0.1, 0.15) is 0 Å². The average molecular weight is 252 g/mol. The molecular formula is C18H36. The zero-order valence-electron chi connectivity index (χ0n) is 14.4. The Morgan fingerprint density at radius 1 is 1.11 bits per heavy atom. The van der Waals surface area contributed by atoms with E-state index in [1.807, 2.05) is 48.5 Å². The molecule has 0 N–H and O–H groups in total. The van der Waals surface area contributed by atoms with Gasteiger partial charge < -0.3 is 0 Å². The molecule has 0 bridgehead atoms. The minimum Gasteiger partial charge on any atom is -0.106 e. The van der Waals surface area contributed by atoms with Crippen LogP contribution in [0.15, 0.2) is 11.6 Å². The van der Waals surface area contributed by atoms with Crippen molar-refractivity contribution in [3.8, 4) is 11.8 Å². The van der Waals surface area contributed by atoms with E-state index in [-0.39, 0.29) is 5.41 Å². The predicted octanol–water partition coefficient (Wildman–Crippen LogP) is 6.61. The van der Waals surface area contributed by atoms with Gasteiger partial charge in [0.2, 0.25) is 0 Å². The number of allylic oxidation sites excluding steroid dienone is 2. The maximum atomic E-state index is 3.38. The summed E-state index contributed by atoms with van der Waals surface area (Å²) in [6, 6.07) is 0. The van der Waals surface area contributed by atoms with E-state index in [1.165, 1.54) is 24.8 Å². The highest BCUT2D eigenvalue weighted by Gasteiger charge is 2.29. The second-order valence-corrected chi connectivity index (χ2v) is 3.59. The first-order valence-electron chi connectivity index (χ1n) is 7.86. The van der Waals surface area contributed by atoms with Gasteiger partial charge in [-0.1, -0.05) is 66.0 Å². The molecule has 1 rings (SSSR count). The monoisotopic (exact) mass is 252 g/mol. The van der Waals surface area contributed by atoms with Gasteiger partial charge in [-0.25, -0.2) is 0 Å². The molecule has 0 heteroatoms. The summed E-state index contributed by atoms with van der Waals surface area (Å²) in [5, 5.41) is 0. The highest BCUT2D eigenvalue weighted by molar-refractivity contribution is 5.28. The third-order valence-corrected chi connectivity index (χ3v) is 2.98. The molecule has 0 heterocycles. The molecule has 0 radical (unpaired) electrons. The summed E-state index contributed by atoms with van der Waals surface area (Å²) in [4.78, 5) is 0. The van der Waals surface area contributed by atoms with Crippen molar-refractivity contribution in [2.45, 2.75) is 88.0 Å². The van der Waals surface area contributed by atoms with Gasteiger partial charge in [0.25, 0.3) is 0 Å². The van der Waals surface area contributed by atoms with E-state index in [4.69, 9.17) is 0 Å². The minimum absolute atomic E-state index is 0.229. The minimum atomic E-state index is 0.229. The maximum Gasteiger partial charge on any atom is 0.0517 e. The van der Waals surface area contributed by atoms with Crippen LogP contribution in [0.5, 0.6) is 0 Å². The average Bonchev–Trinajstić information content (AvgIpc) is 2.48. The van der Waals surface area contributed by atoms with E-state index >= 15 is 0 Å². The van der Waals surface area contributed by atoms with Gasteiger partial charge in [-0.15, -0.1) is 5.92 Å². The molecule has 1 atom stereocenters. The van der Waals surface area contributed by atoms with E-state index < -0.39 is 0 Å². The van der Waals surface area contributed by atoms with Crippen LogP contribution in [0.1, 0.15) is 88.0 Å². The van der Waals surface area contributed by atoms with Crippen LogP contribution >= 0.6 is 0 Å². The van der Waals surface area contributed by atoms with E-state index in [1.54, 1.807) is 0 Å². The topological polar surface area (TPSA) is 0 Å². The molecule has 0 spiro atoms. The molecule has 0 aliphatic heterocycles. The van der Waals surface area contributed by atoms with Crippen LogP contribution < -0.4 is 0 Å². The molecule has 1 aliphatic rings. The lowest BCUT2D eigenvalue weighted by molar-refractivity contribution is 0.392. The Balaban J connectivity index is -0.000000328. The largest absolute Gasteiger partial charge is 0.106 e. The van der Waals surface area contributed by atoms with E-state index in [2.05, 4.69) is 31.8 Å². The summed E-state index contributed by atoms with van der Waals surface area (Å²) in [7, 11) is 0. The van der Waals surface area contributed by atoms with Crippen LogP contribution in [0.2, 0.25) is 0 Å². The zero-order valence-corrected chi connectivity index (χ0v) is 14.4. The highest BCUT2D eigenvalue weighted by atomic mass is 14.3. The van der Waals surface area contributed by atoms with Crippen molar-refractivity contribution in [2.24, 2.45) is 5.41 Å². The first kappa shape index (κ1) is 22.5. The molecule has 18 heavy (non-hydrogen) atoms. The molecule has 0 aromatic rings. The summed E-state index contributed by atoms with van der Waals surface area (Å²) in [5.41, 5.74) is 1.72. The quantitative estimate of drug-likeness (QED) is 0.363. The first-order valence-corrected chi connectivity index (χ1v) is 7.86. The van der Waals surface area contributed by atoms with Crippen LogP contribution in [0.25, 0.3) is 0 Å². The van der Waals surface area contributed by atoms with Crippen LogP contribution in [0.3, 0.4) is 0 Å². The van der Waals surface area contributed by atoms with E-state index in [9.17, 15) is 0 Å². The highest BCUT2D eigenvalue weighted by Crippen LogP contribution is 2.39. The lowest BCUT2D eigenvalue weighted by Gasteiger charge is -2.31. The van der Waals surface area contributed by atoms with Gasteiger partial charge in [0.15, 0.2) is 0 Å². The SMILES string of the molecule is CC.CC.CC.CC#CC1(CC)CCCC=C1C. The molecule has 108 valence electrons. The van der Waals surface area contributed by atoms with Crippen molar-refractivity contribution in [1.29, 1.82) is 0 Å². The molecule has 0 aromatic heterocycles. The molecule has 0 saturated heterocycles. The van der Waals surface area contributed by atoms with Gasteiger partial charge in [-0.05, 0) is 39.5 Å². The van der Waals surface area contributed by atoms with Crippen molar-refractivity contribution in [3.05, 3.63) is 11.6 Å². The van der Waals surface area contributed by atoms with Crippen LogP contribution in [0.4, 0.5) is 0 Å². The Labute approximate surface area is 117 Å². The fraction of sp³-hybridized carbons (Fsp3) is 0.778. The second-order valence-electron chi connectivity index (χ2n) is 3.59. The lowest BCUT2D eigenvalue weighted by Crippen LogP contribution is -2.21. The van der Waals surface area contributed by atoms with E-state index in [0.29, 0.717) is 0 Å². The Morgan fingerprint density at radius 3 is 1.94 bits per heavy atom. The predicted molar refractivity (Wildman–Crippen MR) is 87.8 cm³/mol. The third-order valence-electron chi connectivity index (χ3n) is 2.98. The third kappa shape index (κ3) is 7.59. The number of rotatable bonds is 1. The first-order chi connectivity index (χ1) is 8.75. The maximum absolute atomic E-state index is 3.38. The van der Waals surface area contributed by atoms with Gasteiger partial charge in [-0.3, -0.25) is 0 Å². The molecule has 0 aromatic carbocycles. The number of hydrogen-bond acceptors (Lipinski definition) is 0. The van der Waals surface area contributed by atoms with Gasteiger partial charge in [0.05, 0.1) is 5.41 Å². The molecule has 1 unspecified atom stereocenters.